The van der Waals surface area contributed by atoms with Crippen molar-refractivity contribution >= 4 is 47.3 Å². The Morgan fingerprint density at radius 1 is 0.939 bits per heavy atom. The van der Waals surface area contributed by atoms with Crippen LogP contribution >= 0.6 is 12.6 Å². The second-order valence-electron chi connectivity index (χ2n) is 7.94. The van der Waals surface area contributed by atoms with Crippen LogP contribution in [0.4, 0.5) is 4.79 Å². The summed E-state index contributed by atoms with van der Waals surface area (Å²) in [4.78, 5) is 48.2. The zero-order valence-electron chi connectivity index (χ0n) is 18.7. The van der Waals surface area contributed by atoms with E-state index in [4.69, 9.17) is 9.84 Å². The SMILES string of the molecule is CC(C)[C@H](NC(=O)[C@H](C)NC(=O)OCc1ccc2ccccc2c1)C(=O)N[C@@H](CS)C(=O)O. The Morgan fingerprint density at radius 3 is 2.21 bits per heavy atom. The Morgan fingerprint density at radius 2 is 1.61 bits per heavy atom. The first-order valence-electron chi connectivity index (χ1n) is 10.5. The van der Waals surface area contributed by atoms with Crippen molar-refractivity contribution in [3.05, 3.63) is 48.0 Å². The van der Waals surface area contributed by atoms with Crippen LogP contribution in [0.25, 0.3) is 10.8 Å². The second-order valence-corrected chi connectivity index (χ2v) is 8.30. The standard InChI is InChI=1S/C23H29N3O6S/c1-13(2)19(21(28)25-18(12-33)22(29)30)26-20(27)14(3)24-23(31)32-11-15-8-9-16-6-4-5-7-17(16)10-15/h4-10,13-14,18-19,33H,11-12H2,1-3H3,(H,24,31)(H,25,28)(H,26,27)(H,29,30)/t14-,18-,19-/m0/s1. The van der Waals surface area contributed by atoms with E-state index in [0.717, 1.165) is 16.3 Å². The number of amides is 3. The van der Waals surface area contributed by atoms with Gasteiger partial charge >= 0.3 is 12.1 Å². The van der Waals surface area contributed by atoms with Gasteiger partial charge < -0.3 is 25.8 Å². The number of carbonyl (C=O) groups is 4. The van der Waals surface area contributed by atoms with Crippen molar-refractivity contribution in [2.45, 2.75) is 45.5 Å². The van der Waals surface area contributed by atoms with Gasteiger partial charge in [-0.05, 0) is 35.2 Å². The van der Waals surface area contributed by atoms with Crippen LogP contribution in [0.3, 0.4) is 0 Å². The second kappa shape index (κ2) is 12.1. The first kappa shape index (κ1) is 26.0. The minimum atomic E-state index is -1.23. The normalized spacial score (nSPS) is 13.6. The van der Waals surface area contributed by atoms with Gasteiger partial charge in [0.25, 0.3) is 0 Å². The third-order valence-electron chi connectivity index (χ3n) is 4.96. The molecule has 0 unspecified atom stereocenters. The van der Waals surface area contributed by atoms with Crippen LogP contribution in [-0.2, 0) is 25.7 Å². The van der Waals surface area contributed by atoms with Gasteiger partial charge in [0.2, 0.25) is 11.8 Å². The number of hydrogen-bond acceptors (Lipinski definition) is 6. The highest BCUT2D eigenvalue weighted by atomic mass is 32.1. The lowest BCUT2D eigenvalue weighted by molar-refractivity contribution is -0.141. The van der Waals surface area contributed by atoms with Crippen molar-refractivity contribution < 1.29 is 29.0 Å². The van der Waals surface area contributed by atoms with Crippen molar-refractivity contribution in [1.82, 2.24) is 16.0 Å². The number of ether oxygens (including phenoxy) is 1. The Kier molecular flexibility index (Phi) is 9.53. The van der Waals surface area contributed by atoms with Crippen LogP contribution in [0.2, 0.25) is 0 Å². The molecule has 2 aromatic rings. The summed E-state index contributed by atoms with van der Waals surface area (Å²) in [7, 11) is 0. The molecule has 2 rings (SSSR count). The first-order valence-corrected chi connectivity index (χ1v) is 11.1. The molecule has 0 aliphatic carbocycles. The maximum atomic E-state index is 12.5. The highest BCUT2D eigenvalue weighted by Gasteiger charge is 2.29. The van der Waals surface area contributed by atoms with E-state index < -0.39 is 42.0 Å². The summed E-state index contributed by atoms with van der Waals surface area (Å²) in [5, 5.41) is 18.5. The summed E-state index contributed by atoms with van der Waals surface area (Å²) in [5.41, 5.74) is 0.801. The molecule has 0 radical (unpaired) electrons. The topological polar surface area (TPSA) is 134 Å². The third kappa shape index (κ3) is 7.67. The summed E-state index contributed by atoms with van der Waals surface area (Å²) in [5.74, 6) is -2.90. The van der Waals surface area contributed by atoms with Crippen LogP contribution in [0, 0.1) is 5.92 Å². The number of thiol groups is 1. The van der Waals surface area contributed by atoms with Crippen LogP contribution in [0.5, 0.6) is 0 Å². The van der Waals surface area contributed by atoms with Crippen molar-refractivity contribution in [2.75, 3.05) is 5.75 Å². The number of carboxylic acid groups (broad SMARTS) is 1. The minimum absolute atomic E-state index is 0.0301. The molecule has 0 aliphatic heterocycles. The maximum absolute atomic E-state index is 12.5. The predicted octanol–water partition coefficient (Wildman–Crippen LogP) is 2.09. The third-order valence-corrected chi connectivity index (χ3v) is 5.32. The van der Waals surface area contributed by atoms with Crippen molar-refractivity contribution in [3.63, 3.8) is 0 Å². The fraction of sp³-hybridized carbons (Fsp3) is 0.391. The summed E-state index contributed by atoms with van der Waals surface area (Å²) in [6.07, 6.45) is -0.780. The monoisotopic (exact) mass is 475 g/mol. The molecule has 10 heteroatoms. The van der Waals surface area contributed by atoms with E-state index in [0.29, 0.717) is 0 Å². The smallest absolute Gasteiger partial charge is 0.408 e. The number of aliphatic carboxylic acids is 1. The Hall–Kier alpha value is -3.27. The van der Waals surface area contributed by atoms with E-state index in [1.54, 1.807) is 13.8 Å². The van der Waals surface area contributed by atoms with E-state index in [1.165, 1.54) is 6.92 Å². The quantitative estimate of drug-likeness (QED) is 0.334. The zero-order valence-corrected chi connectivity index (χ0v) is 19.6. The van der Waals surface area contributed by atoms with Crippen molar-refractivity contribution in [1.29, 1.82) is 0 Å². The number of fused-ring (bicyclic) bond motifs is 1. The number of benzene rings is 2. The molecule has 0 aromatic heterocycles. The van der Waals surface area contributed by atoms with E-state index in [1.807, 2.05) is 42.5 Å². The molecule has 0 fully saturated rings. The summed E-state index contributed by atoms with van der Waals surface area (Å²) < 4.78 is 5.21. The highest BCUT2D eigenvalue weighted by molar-refractivity contribution is 7.80. The molecule has 0 aliphatic rings. The van der Waals surface area contributed by atoms with E-state index in [2.05, 4.69) is 28.6 Å². The molecular formula is C23H29N3O6S. The van der Waals surface area contributed by atoms with Crippen LogP contribution in [-0.4, -0.2) is 52.9 Å². The largest absolute Gasteiger partial charge is 0.480 e. The molecule has 3 amide bonds. The van der Waals surface area contributed by atoms with Crippen LogP contribution < -0.4 is 16.0 Å². The molecular weight excluding hydrogens is 446 g/mol. The molecule has 33 heavy (non-hydrogen) atoms. The number of carbonyl (C=O) groups excluding carboxylic acids is 3. The fourth-order valence-electron chi connectivity index (χ4n) is 3.02. The Balaban J connectivity index is 1.89. The Labute approximate surface area is 197 Å². The molecule has 0 saturated carbocycles. The molecule has 178 valence electrons. The molecule has 3 atom stereocenters. The van der Waals surface area contributed by atoms with Gasteiger partial charge in [0.05, 0.1) is 0 Å². The zero-order chi connectivity index (χ0) is 24.5. The van der Waals surface area contributed by atoms with Gasteiger partial charge in [0, 0.05) is 5.75 Å². The van der Waals surface area contributed by atoms with Crippen molar-refractivity contribution in [3.8, 4) is 0 Å². The molecule has 0 spiro atoms. The number of nitrogens with one attached hydrogen (secondary N) is 3. The average Bonchev–Trinajstić information content (AvgIpc) is 2.78. The van der Waals surface area contributed by atoms with Gasteiger partial charge in [0.1, 0.15) is 24.7 Å². The Bertz CT molecular complexity index is 1010. The number of hydrogen-bond donors (Lipinski definition) is 5. The van der Waals surface area contributed by atoms with E-state index in [-0.39, 0.29) is 18.3 Å². The fourth-order valence-corrected chi connectivity index (χ4v) is 3.27. The number of alkyl carbamates (subject to hydrolysis) is 1. The van der Waals surface area contributed by atoms with Gasteiger partial charge in [-0.25, -0.2) is 9.59 Å². The lowest BCUT2D eigenvalue weighted by Gasteiger charge is -2.25. The predicted molar refractivity (Wildman–Crippen MR) is 127 cm³/mol. The average molecular weight is 476 g/mol. The van der Waals surface area contributed by atoms with Gasteiger partial charge in [-0.2, -0.15) is 12.6 Å². The molecule has 4 N–H and O–H groups in total. The van der Waals surface area contributed by atoms with E-state index in [9.17, 15) is 19.2 Å². The first-order chi connectivity index (χ1) is 15.6. The van der Waals surface area contributed by atoms with Gasteiger partial charge in [-0.15, -0.1) is 0 Å². The van der Waals surface area contributed by atoms with E-state index >= 15 is 0 Å². The molecule has 9 nitrogen and oxygen atoms in total. The maximum Gasteiger partial charge on any atom is 0.408 e. The number of rotatable bonds is 10. The lowest BCUT2D eigenvalue weighted by atomic mass is 10.0. The highest BCUT2D eigenvalue weighted by Crippen LogP contribution is 2.16. The summed E-state index contributed by atoms with van der Waals surface area (Å²) >= 11 is 3.91. The van der Waals surface area contributed by atoms with Crippen LogP contribution in [0.1, 0.15) is 26.3 Å². The molecule has 0 saturated heterocycles. The lowest BCUT2D eigenvalue weighted by Crippen LogP contribution is -2.57. The number of carboxylic acids is 1. The summed E-state index contributed by atoms with van der Waals surface area (Å²) in [6.45, 7) is 4.89. The summed E-state index contributed by atoms with van der Waals surface area (Å²) in [6, 6.07) is 10.4. The van der Waals surface area contributed by atoms with Crippen molar-refractivity contribution in [2.24, 2.45) is 5.92 Å². The molecule has 0 heterocycles. The minimum Gasteiger partial charge on any atom is -0.480 e. The van der Waals surface area contributed by atoms with Gasteiger partial charge in [0.15, 0.2) is 0 Å². The molecule has 2 aromatic carbocycles. The van der Waals surface area contributed by atoms with Gasteiger partial charge in [-0.3, -0.25) is 9.59 Å². The molecule has 0 bridgehead atoms. The van der Waals surface area contributed by atoms with Crippen LogP contribution in [0.15, 0.2) is 42.5 Å². The van der Waals surface area contributed by atoms with Gasteiger partial charge in [-0.1, -0.05) is 50.2 Å².